The minimum Gasteiger partial charge on any atom is -0.356 e. The van der Waals surface area contributed by atoms with Crippen molar-refractivity contribution in [3.63, 3.8) is 0 Å². The second-order valence-corrected chi connectivity index (χ2v) is 8.57. The first kappa shape index (κ1) is 26.2. The van der Waals surface area contributed by atoms with Gasteiger partial charge in [0.05, 0.1) is 12.6 Å². The molecule has 0 aliphatic heterocycles. The summed E-state index contributed by atoms with van der Waals surface area (Å²) in [6.07, 6.45) is 0.266. The Labute approximate surface area is 169 Å². The Morgan fingerprint density at radius 1 is 0.857 bits per heavy atom. The van der Waals surface area contributed by atoms with E-state index < -0.39 is 12.0 Å². The molecule has 0 aromatic carbocycles. The van der Waals surface area contributed by atoms with Gasteiger partial charge in [0.15, 0.2) is 5.78 Å². The summed E-state index contributed by atoms with van der Waals surface area (Å²) in [7, 11) is 0. The quantitative estimate of drug-likeness (QED) is 0.415. The lowest BCUT2D eigenvalue weighted by Crippen LogP contribution is -2.46. The highest BCUT2D eigenvalue weighted by molar-refractivity contribution is 5.93. The Morgan fingerprint density at radius 2 is 1.46 bits per heavy atom. The summed E-state index contributed by atoms with van der Waals surface area (Å²) in [4.78, 5) is 48.7. The first-order valence-electron chi connectivity index (χ1n) is 10.3. The highest BCUT2D eigenvalue weighted by atomic mass is 16.2. The summed E-state index contributed by atoms with van der Waals surface area (Å²) in [6, 6.07) is -0.447. The number of nitrogens with one attached hydrogen (secondary N) is 3. The minimum absolute atomic E-state index is 0.0354. The van der Waals surface area contributed by atoms with Crippen molar-refractivity contribution in [3.8, 4) is 0 Å². The van der Waals surface area contributed by atoms with Crippen LogP contribution >= 0.6 is 0 Å². The molecule has 162 valence electrons. The fourth-order valence-electron chi connectivity index (χ4n) is 2.52. The molecular weight excluding hydrogens is 358 g/mol. The van der Waals surface area contributed by atoms with Crippen LogP contribution in [-0.2, 0) is 19.2 Å². The van der Waals surface area contributed by atoms with E-state index in [4.69, 9.17) is 0 Å². The van der Waals surface area contributed by atoms with Crippen LogP contribution in [0.3, 0.4) is 0 Å². The van der Waals surface area contributed by atoms with Crippen LogP contribution in [0.2, 0.25) is 0 Å². The lowest BCUT2D eigenvalue weighted by Gasteiger charge is -2.23. The molecule has 0 fully saturated rings. The molecule has 0 unspecified atom stereocenters. The number of hydrogen-bond acceptors (Lipinski definition) is 5. The maximum absolute atomic E-state index is 12.6. The third-order valence-electron chi connectivity index (χ3n) is 4.31. The first-order valence-corrected chi connectivity index (χ1v) is 10.3. The van der Waals surface area contributed by atoms with E-state index in [-0.39, 0.29) is 61.1 Å². The van der Waals surface area contributed by atoms with Gasteiger partial charge in [-0.15, -0.1) is 0 Å². The molecule has 0 bridgehead atoms. The molecule has 3 N–H and O–H groups in total. The fourth-order valence-corrected chi connectivity index (χ4v) is 2.52. The topological polar surface area (TPSA) is 104 Å². The van der Waals surface area contributed by atoms with Crippen LogP contribution < -0.4 is 16.0 Å². The van der Waals surface area contributed by atoms with Crippen molar-refractivity contribution in [2.24, 2.45) is 17.8 Å². The van der Waals surface area contributed by atoms with Crippen molar-refractivity contribution in [2.75, 3.05) is 13.1 Å². The Bertz CT molecular complexity index is 530. The second kappa shape index (κ2) is 13.4. The van der Waals surface area contributed by atoms with Crippen molar-refractivity contribution in [1.29, 1.82) is 0 Å². The molecule has 2 amide bonds. The Hall–Kier alpha value is -1.76. The van der Waals surface area contributed by atoms with Gasteiger partial charge in [0, 0.05) is 37.8 Å². The van der Waals surface area contributed by atoms with Crippen molar-refractivity contribution in [2.45, 2.75) is 79.8 Å². The number of rotatable bonds is 14. The molecule has 0 aliphatic carbocycles. The molecule has 7 heteroatoms. The smallest absolute Gasteiger partial charge is 0.223 e. The van der Waals surface area contributed by atoms with E-state index in [0.29, 0.717) is 12.5 Å². The number of carbonyl (C=O) groups excluding carboxylic acids is 4. The molecule has 0 aromatic heterocycles. The predicted molar refractivity (Wildman–Crippen MR) is 111 cm³/mol. The zero-order chi connectivity index (χ0) is 21.9. The van der Waals surface area contributed by atoms with Crippen LogP contribution in [0.15, 0.2) is 0 Å². The van der Waals surface area contributed by atoms with Gasteiger partial charge in [-0.2, -0.15) is 0 Å². The van der Waals surface area contributed by atoms with Crippen molar-refractivity contribution < 1.29 is 19.2 Å². The van der Waals surface area contributed by atoms with Crippen LogP contribution in [0.4, 0.5) is 0 Å². The number of ketones is 2. The van der Waals surface area contributed by atoms with Gasteiger partial charge in [0.25, 0.3) is 0 Å². The zero-order valence-electron chi connectivity index (χ0n) is 18.6. The van der Waals surface area contributed by atoms with Gasteiger partial charge in [-0.3, -0.25) is 19.2 Å². The molecule has 0 aromatic rings. The summed E-state index contributed by atoms with van der Waals surface area (Å²) < 4.78 is 0. The van der Waals surface area contributed by atoms with Crippen molar-refractivity contribution in [1.82, 2.24) is 16.0 Å². The van der Waals surface area contributed by atoms with Gasteiger partial charge in [0.2, 0.25) is 11.8 Å². The molecule has 0 heterocycles. The number of Topliss-reactive ketones (excluding diaryl/α,β-unsaturated/α-hetero) is 2. The van der Waals surface area contributed by atoms with Crippen LogP contribution in [-0.4, -0.2) is 48.6 Å². The summed E-state index contributed by atoms with van der Waals surface area (Å²) in [5, 5.41) is 8.59. The van der Waals surface area contributed by atoms with Crippen LogP contribution in [0.25, 0.3) is 0 Å². The zero-order valence-corrected chi connectivity index (χ0v) is 18.6. The Morgan fingerprint density at radius 3 is 1.96 bits per heavy atom. The summed E-state index contributed by atoms with van der Waals surface area (Å²) >= 11 is 0. The Balaban J connectivity index is 4.55. The summed E-state index contributed by atoms with van der Waals surface area (Å²) in [5.74, 6) is -0.877. The average Bonchev–Trinajstić information content (AvgIpc) is 2.59. The minimum atomic E-state index is -0.656. The van der Waals surface area contributed by atoms with E-state index in [1.807, 2.05) is 41.5 Å². The standard InChI is InChI=1S/C21H39N3O4/c1-13(2)11-23-21(28)16(7)10-18(26)20(14(3)4)24-19(27)9-8-17(25)12-22-15(5)6/h13-16,20,22H,8-12H2,1-7H3,(H,23,28)(H,24,27)/t16-,20+/m1/s1. The SMILES string of the molecule is CC(C)CNC(=O)[C@H](C)CC(=O)[C@@H](NC(=O)CCC(=O)CNC(C)C)C(C)C. The third kappa shape index (κ3) is 11.8. The van der Waals surface area contributed by atoms with Crippen molar-refractivity contribution >= 4 is 23.4 Å². The van der Waals surface area contributed by atoms with Gasteiger partial charge >= 0.3 is 0 Å². The highest BCUT2D eigenvalue weighted by Gasteiger charge is 2.27. The summed E-state index contributed by atoms with van der Waals surface area (Å²) in [5.41, 5.74) is 0. The number of hydrogen-bond donors (Lipinski definition) is 3. The third-order valence-corrected chi connectivity index (χ3v) is 4.31. The van der Waals surface area contributed by atoms with Gasteiger partial charge in [-0.05, 0) is 11.8 Å². The average molecular weight is 398 g/mol. The van der Waals surface area contributed by atoms with E-state index in [9.17, 15) is 19.2 Å². The second-order valence-electron chi connectivity index (χ2n) is 8.57. The van der Waals surface area contributed by atoms with Gasteiger partial charge in [0.1, 0.15) is 5.78 Å². The van der Waals surface area contributed by atoms with Crippen LogP contribution in [0, 0.1) is 17.8 Å². The predicted octanol–water partition coefficient (Wildman–Crippen LogP) is 1.84. The molecule has 0 aliphatic rings. The molecule has 28 heavy (non-hydrogen) atoms. The van der Waals surface area contributed by atoms with E-state index in [1.54, 1.807) is 6.92 Å². The van der Waals surface area contributed by atoms with E-state index in [2.05, 4.69) is 16.0 Å². The lowest BCUT2D eigenvalue weighted by atomic mass is 9.92. The molecule has 0 rings (SSSR count). The molecule has 7 nitrogen and oxygen atoms in total. The van der Waals surface area contributed by atoms with E-state index >= 15 is 0 Å². The van der Waals surface area contributed by atoms with Crippen molar-refractivity contribution in [3.05, 3.63) is 0 Å². The first-order chi connectivity index (χ1) is 12.9. The maximum Gasteiger partial charge on any atom is 0.223 e. The largest absolute Gasteiger partial charge is 0.356 e. The number of amides is 2. The van der Waals surface area contributed by atoms with Gasteiger partial charge in [-0.25, -0.2) is 0 Å². The highest BCUT2D eigenvalue weighted by Crippen LogP contribution is 2.12. The van der Waals surface area contributed by atoms with E-state index in [1.165, 1.54) is 0 Å². The summed E-state index contributed by atoms with van der Waals surface area (Å²) in [6.45, 7) is 14.1. The molecule has 0 spiro atoms. The molecule has 2 atom stereocenters. The van der Waals surface area contributed by atoms with Gasteiger partial charge < -0.3 is 16.0 Å². The molecule has 0 saturated heterocycles. The maximum atomic E-state index is 12.6. The lowest BCUT2D eigenvalue weighted by molar-refractivity contribution is -0.132. The fraction of sp³-hybridized carbons (Fsp3) is 0.810. The van der Waals surface area contributed by atoms with Crippen LogP contribution in [0.1, 0.15) is 67.7 Å². The Kier molecular flexibility index (Phi) is 12.6. The van der Waals surface area contributed by atoms with Crippen LogP contribution in [0.5, 0.6) is 0 Å². The monoisotopic (exact) mass is 397 g/mol. The van der Waals surface area contributed by atoms with E-state index in [0.717, 1.165) is 0 Å². The number of carbonyl (C=O) groups is 4. The van der Waals surface area contributed by atoms with Gasteiger partial charge in [-0.1, -0.05) is 48.5 Å². The molecule has 0 radical (unpaired) electrons. The molecular formula is C21H39N3O4. The molecule has 0 saturated carbocycles. The normalized spacial score (nSPS) is 13.5.